The Kier molecular flexibility index (Phi) is 0.524. The van der Waals surface area contributed by atoms with Crippen LogP contribution in [0.1, 0.15) is 6.92 Å². The molecule has 24 valence electrons. The molecule has 0 N–H and O–H groups in total. The van der Waals surface area contributed by atoms with Gasteiger partial charge in [-0.1, -0.05) is 0 Å². The summed E-state index contributed by atoms with van der Waals surface area (Å²) in [5.74, 6) is 0. The van der Waals surface area contributed by atoms with Crippen molar-refractivity contribution in [3.05, 3.63) is 0 Å². The predicted molar refractivity (Wildman–Crippen MR) is 21.4 cm³/mol. The molecule has 0 aromatic carbocycles. The molecule has 1 aliphatic heterocycles. The van der Waals surface area contributed by atoms with Crippen molar-refractivity contribution in [3.63, 3.8) is 0 Å². The van der Waals surface area contributed by atoms with Gasteiger partial charge >= 0.3 is 32.6 Å². The third-order valence-corrected chi connectivity index (χ3v) is 3.18. The van der Waals surface area contributed by atoms with Gasteiger partial charge < -0.3 is 0 Å². The Morgan fingerprint density at radius 2 is 2.25 bits per heavy atom. The Labute approximate surface area is 33.3 Å². The zero-order valence-corrected chi connectivity index (χ0v) is 4.88. The van der Waals surface area contributed by atoms with Crippen molar-refractivity contribution in [2.45, 2.75) is 16.8 Å². The second-order valence-corrected chi connectivity index (χ2v) is 5.09. The molecule has 0 radical (unpaired) electrons. The molecule has 4 heavy (non-hydrogen) atoms. The van der Waals surface area contributed by atoms with E-state index in [9.17, 15) is 0 Å². The summed E-state index contributed by atoms with van der Waals surface area (Å²) in [5.41, 5.74) is 0. The molecule has 0 nitrogen and oxygen atoms in total. The molecule has 1 heteroatoms. The first-order valence-corrected chi connectivity index (χ1v) is 4.32. The molecule has 0 spiro atoms. The maximum absolute atomic E-state index is 2.33. The molecule has 2 unspecified atom stereocenters. The second kappa shape index (κ2) is 0.754. The van der Waals surface area contributed by atoms with Crippen LogP contribution in [0.25, 0.3) is 0 Å². The Morgan fingerprint density at radius 1 is 2.00 bits per heavy atom. The van der Waals surface area contributed by atoms with E-state index in [4.69, 9.17) is 0 Å². The summed E-state index contributed by atoms with van der Waals surface area (Å²) >= 11 is 0.681. The first-order chi connectivity index (χ1) is 1.89. The van der Waals surface area contributed by atoms with Gasteiger partial charge in [0.15, 0.2) is 0 Å². The van der Waals surface area contributed by atoms with Crippen LogP contribution in [0.5, 0.6) is 0 Å². The molecule has 0 saturated carbocycles. The normalized spacial score (nSPS) is 45.8. The molecule has 2 atom stereocenters. The first-order valence-electron chi connectivity index (χ1n) is 1.63. The van der Waals surface area contributed by atoms with E-state index in [1.54, 1.807) is 5.21 Å². The van der Waals surface area contributed by atoms with Gasteiger partial charge in [-0.15, -0.1) is 0 Å². The fourth-order valence-corrected chi connectivity index (χ4v) is 0.612. The van der Waals surface area contributed by atoms with Gasteiger partial charge in [0.25, 0.3) is 0 Å². The Bertz CT molecular complexity index is 22.5. The molecule has 1 rings (SSSR count). The minimum absolute atomic E-state index is 0.681. The Balaban J connectivity index is 2.17. The summed E-state index contributed by atoms with van der Waals surface area (Å²) in [6.07, 6.45) is 0. The summed E-state index contributed by atoms with van der Waals surface area (Å²) in [4.78, 5) is 0. The van der Waals surface area contributed by atoms with Crippen LogP contribution in [0, 0.1) is 0 Å². The van der Waals surface area contributed by atoms with Crippen LogP contribution in [0.3, 0.4) is 0 Å². The molecule has 1 fully saturated rings. The third kappa shape index (κ3) is 0.491. The molecule has 1 heterocycles. The Morgan fingerprint density at radius 3 is 2.25 bits per heavy atom. The standard InChI is InChI=1S/C3H7As/c1-3-2-4-3/h3-4H,2H2,1H3. The summed E-state index contributed by atoms with van der Waals surface area (Å²) in [7, 11) is 0. The summed E-state index contributed by atoms with van der Waals surface area (Å²) in [6, 6.07) is 0. The fraction of sp³-hybridized carbons (Fsp3) is 1.00. The monoisotopic (exact) mass is 118 g/mol. The van der Waals surface area contributed by atoms with Crippen molar-refractivity contribution in [3.8, 4) is 0 Å². The van der Waals surface area contributed by atoms with Crippen LogP contribution in [0.4, 0.5) is 0 Å². The SMILES string of the molecule is CC1C[AsH]1. The number of rotatable bonds is 0. The zero-order valence-electron chi connectivity index (χ0n) is 2.78. The predicted octanol–water partition coefficient (Wildman–Crippen LogP) is 0.663. The fourth-order valence-electron chi connectivity index (χ4n) is 0.118. The van der Waals surface area contributed by atoms with E-state index in [-0.39, 0.29) is 0 Å². The molecule has 0 bridgehead atoms. The molecular weight excluding hydrogens is 111 g/mol. The summed E-state index contributed by atoms with van der Waals surface area (Å²) in [5, 5.41) is 1.61. The van der Waals surface area contributed by atoms with Crippen molar-refractivity contribution in [2.24, 2.45) is 0 Å². The molecule has 0 aliphatic carbocycles. The minimum atomic E-state index is 0.681. The van der Waals surface area contributed by atoms with E-state index in [1.807, 2.05) is 0 Å². The summed E-state index contributed by atoms with van der Waals surface area (Å²) in [6.45, 7) is 2.33. The Hall–Kier alpha value is 0.558. The van der Waals surface area contributed by atoms with Gasteiger partial charge in [0.1, 0.15) is 0 Å². The van der Waals surface area contributed by atoms with Crippen LogP contribution in [0.15, 0.2) is 0 Å². The topological polar surface area (TPSA) is 0 Å². The average Bonchev–Trinajstić information content (AvgIpc) is 1.75. The van der Waals surface area contributed by atoms with Crippen LogP contribution in [-0.2, 0) is 0 Å². The zero-order chi connectivity index (χ0) is 2.99. The average molecular weight is 118 g/mol. The van der Waals surface area contributed by atoms with Crippen LogP contribution in [-0.4, -0.2) is 15.8 Å². The quantitative estimate of drug-likeness (QED) is 0.410. The van der Waals surface area contributed by atoms with Crippen molar-refractivity contribution in [1.29, 1.82) is 0 Å². The van der Waals surface area contributed by atoms with Crippen molar-refractivity contribution in [1.82, 2.24) is 0 Å². The second-order valence-electron chi connectivity index (χ2n) is 1.31. The third-order valence-electron chi connectivity index (χ3n) is 0.612. The van der Waals surface area contributed by atoms with Gasteiger partial charge in [-0.05, 0) is 0 Å². The van der Waals surface area contributed by atoms with Crippen molar-refractivity contribution >= 4 is 15.8 Å². The van der Waals surface area contributed by atoms with Gasteiger partial charge in [-0.2, -0.15) is 0 Å². The number of hydrogen-bond acceptors (Lipinski definition) is 0. The van der Waals surface area contributed by atoms with Gasteiger partial charge in [-0.3, -0.25) is 0 Å². The maximum atomic E-state index is 2.33. The summed E-state index contributed by atoms with van der Waals surface area (Å²) < 4.78 is 1.21. The van der Waals surface area contributed by atoms with E-state index >= 15 is 0 Å². The molecule has 0 amide bonds. The number of hydrogen-bond donors (Lipinski definition) is 0. The molecule has 0 aromatic rings. The van der Waals surface area contributed by atoms with Crippen LogP contribution >= 0.6 is 0 Å². The van der Waals surface area contributed by atoms with Crippen LogP contribution < -0.4 is 0 Å². The molecule has 1 aliphatic rings. The molecule has 1 saturated heterocycles. The van der Waals surface area contributed by atoms with Crippen molar-refractivity contribution < 1.29 is 0 Å². The molecule has 0 aromatic heterocycles. The van der Waals surface area contributed by atoms with E-state index in [0.29, 0.717) is 15.8 Å². The van der Waals surface area contributed by atoms with Gasteiger partial charge in [-0.25, -0.2) is 0 Å². The van der Waals surface area contributed by atoms with E-state index < -0.39 is 0 Å². The van der Waals surface area contributed by atoms with E-state index in [2.05, 4.69) is 6.92 Å². The van der Waals surface area contributed by atoms with Gasteiger partial charge in [0, 0.05) is 0 Å². The van der Waals surface area contributed by atoms with Gasteiger partial charge in [0.2, 0.25) is 0 Å². The van der Waals surface area contributed by atoms with Gasteiger partial charge in [0.05, 0.1) is 0 Å². The van der Waals surface area contributed by atoms with E-state index in [0.717, 1.165) is 0 Å². The van der Waals surface area contributed by atoms with Crippen molar-refractivity contribution in [2.75, 3.05) is 0 Å². The molecular formula is C3H7As. The van der Waals surface area contributed by atoms with E-state index in [1.165, 1.54) is 4.71 Å². The first kappa shape index (κ1) is 2.78. The van der Waals surface area contributed by atoms with Crippen LogP contribution in [0.2, 0.25) is 9.91 Å².